The lowest BCUT2D eigenvalue weighted by atomic mass is 9.85. The zero-order valence-electron chi connectivity index (χ0n) is 15.9. The Balaban J connectivity index is 1.73. The van der Waals surface area contributed by atoms with Crippen LogP contribution in [0, 0.1) is 0 Å². The van der Waals surface area contributed by atoms with E-state index in [1.165, 1.54) is 4.90 Å². The predicted octanol–water partition coefficient (Wildman–Crippen LogP) is 3.72. The van der Waals surface area contributed by atoms with Gasteiger partial charge in [-0.15, -0.1) is 0 Å². The molecule has 2 aliphatic heterocycles. The summed E-state index contributed by atoms with van der Waals surface area (Å²) in [5, 5.41) is 2.95. The number of imide groups is 1. The molecule has 0 spiro atoms. The van der Waals surface area contributed by atoms with Gasteiger partial charge >= 0.3 is 6.03 Å². The fourth-order valence-electron chi connectivity index (χ4n) is 3.51. The maximum atomic E-state index is 13.5. The first-order valence-electron chi connectivity index (χ1n) is 9.21. The Kier molecular flexibility index (Phi) is 4.55. The molecule has 0 aliphatic carbocycles. The standard InChI is InChI=1S/C22H22N2O4/c1-15(2)10-11-22(17-8-9-18-19(12-17)28-14-27-18)20(25)24(21(26)23-22)13-16-6-4-3-5-7-16/h3-10,12H,11,13-14H2,1-2H3,(H,23,26). The predicted molar refractivity (Wildman–Crippen MR) is 104 cm³/mol. The molecule has 0 radical (unpaired) electrons. The zero-order chi connectivity index (χ0) is 19.7. The average molecular weight is 378 g/mol. The Hall–Kier alpha value is -3.28. The molecule has 1 saturated heterocycles. The number of fused-ring (bicyclic) bond motifs is 1. The van der Waals surface area contributed by atoms with Gasteiger partial charge in [0.1, 0.15) is 5.54 Å². The number of benzene rings is 2. The van der Waals surface area contributed by atoms with Crippen LogP contribution >= 0.6 is 0 Å². The Labute approximate surface area is 163 Å². The van der Waals surface area contributed by atoms with Crippen molar-refractivity contribution in [1.82, 2.24) is 10.2 Å². The summed E-state index contributed by atoms with van der Waals surface area (Å²) in [5.41, 5.74) is 1.49. The lowest BCUT2D eigenvalue weighted by Gasteiger charge is -2.26. The highest BCUT2D eigenvalue weighted by Crippen LogP contribution is 2.40. The quantitative estimate of drug-likeness (QED) is 0.636. The van der Waals surface area contributed by atoms with E-state index in [0.717, 1.165) is 11.1 Å². The summed E-state index contributed by atoms with van der Waals surface area (Å²) in [7, 11) is 0. The molecule has 0 aromatic heterocycles. The van der Waals surface area contributed by atoms with Crippen molar-refractivity contribution in [1.29, 1.82) is 0 Å². The molecule has 2 aromatic carbocycles. The fourth-order valence-corrected chi connectivity index (χ4v) is 3.51. The van der Waals surface area contributed by atoms with E-state index >= 15 is 0 Å². The molecular weight excluding hydrogens is 356 g/mol. The van der Waals surface area contributed by atoms with Gasteiger partial charge in [-0.3, -0.25) is 9.69 Å². The number of ether oxygens (including phenoxy) is 2. The van der Waals surface area contributed by atoms with E-state index in [2.05, 4.69) is 5.32 Å². The molecule has 2 aliphatic rings. The van der Waals surface area contributed by atoms with Gasteiger partial charge in [-0.25, -0.2) is 4.79 Å². The Morgan fingerprint density at radius 2 is 1.86 bits per heavy atom. The Morgan fingerprint density at radius 3 is 2.61 bits per heavy atom. The Morgan fingerprint density at radius 1 is 1.11 bits per heavy atom. The molecule has 1 fully saturated rings. The smallest absolute Gasteiger partial charge is 0.325 e. The largest absolute Gasteiger partial charge is 0.454 e. The maximum Gasteiger partial charge on any atom is 0.325 e. The van der Waals surface area contributed by atoms with Crippen molar-refractivity contribution < 1.29 is 19.1 Å². The molecule has 1 unspecified atom stereocenters. The lowest BCUT2D eigenvalue weighted by molar-refractivity contribution is -0.132. The van der Waals surface area contributed by atoms with Gasteiger partial charge in [-0.05, 0) is 37.1 Å². The molecule has 3 amide bonds. The number of nitrogens with one attached hydrogen (secondary N) is 1. The van der Waals surface area contributed by atoms with Gasteiger partial charge in [0.15, 0.2) is 11.5 Å². The number of urea groups is 1. The van der Waals surface area contributed by atoms with Gasteiger partial charge in [-0.1, -0.05) is 48.0 Å². The first-order valence-corrected chi connectivity index (χ1v) is 9.21. The lowest BCUT2D eigenvalue weighted by Crippen LogP contribution is -2.43. The van der Waals surface area contributed by atoms with Crippen LogP contribution in [-0.2, 0) is 16.9 Å². The topological polar surface area (TPSA) is 67.9 Å². The van der Waals surface area contributed by atoms with Crippen LogP contribution in [0.5, 0.6) is 11.5 Å². The molecule has 2 aromatic rings. The van der Waals surface area contributed by atoms with Crippen LogP contribution in [0.15, 0.2) is 60.2 Å². The second-order valence-corrected chi connectivity index (χ2v) is 7.27. The third-order valence-corrected chi connectivity index (χ3v) is 5.04. The highest BCUT2D eigenvalue weighted by molar-refractivity contribution is 6.07. The number of amides is 3. The summed E-state index contributed by atoms with van der Waals surface area (Å²) in [6.45, 7) is 4.32. The molecule has 6 nitrogen and oxygen atoms in total. The minimum absolute atomic E-state index is 0.153. The summed E-state index contributed by atoms with van der Waals surface area (Å²) in [4.78, 5) is 27.5. The number of hydrogen-bond donors (Lipinski definition) is 1. The minimum Gasteiger partial charge on any atom is -0.454 e. The number of hydrogen-bond acceptors (Lipinski definition) is 4. The van der Waals surface area contributed by atoms with E-state index in [0.29, 0.717) is 23.5 Å². The second-order valence-electron chi connectivity index (χ2n) is 7.27. The van der Waals surface area contributed by atoms with Crippen molar-refractivity contribution in [2.24, 2.45) is 0 Å². The van der Waals surface area contributed by atoms with Crippen LogP contribution in [0.25, 0.3) is 0 Å². The molecule has 0 saturated carbocycles. The van der Waals surface area contributed by atoms with Crippen LogP contribution in [0.4, 0.5) is 4.79 Å². The SMILES string of the molecule is CC(C)=CCC1(c2ccc3c(c2)OCO3)NC(=O)N(Cc2ccccc2)C1=O. The number of rotatable bonds is 5. The molecule has 144 valence electrons. The Bertz CT molecular complexity index is 950. The molecule has 28 heavy (non-hydrogen) atoms. The summed E-state index contributed by atoms with van der Waals surface area (Å²) < 4.78 is 10.9. The van der Waals surface area contributed by atoms with Crippen LogP contribution in [0.3, 0.4) is 0 Å². The first-order chi connectivity index (χ1) is 13.5. The van der Waals surface area contributed by atoms with Gasteiger partial charge in [-0.2, -0.15) is 0 Å². The third-order valence-electron chi connectivity index (χ3n) is 5.04. The summed E-state index contributed by atoms with van der Waals surface area (Å²) >= 11 is 0. The summed E-state index contributed by atoms with van der Waals surface area (Å²) in [6.07, 6.45) is 2.33. The zero-order valence-corrected chi connectivity index (χ0v) is 15.9. The average Bonchev–Trinajstić information content (AvgIpc) is 3.25. The van der Waals surface area contributed by atoms with Crippen molar-refractivity contribution in [3.8, 4) is 11.5 Å². The monoisotopic (exact) mass is 378 g/mol. The first kappa shape index (κ1) is 18.1. The van der Waals surface area contributed by atoms with Gasteiger partial charge in [0.25, 0.3) is 5.91 Å². The number of nitrogens with zero attached hydrogens (tertiary/aromatic N) is 1. The van der Waals surface area contributed by atoms with Gasteiger partial charge in [0, 0.05) is 6.42 Å². The molecule has 0 bridgehead atoms. The number of carbonyl (C=O) groups excluding carboxylic acids is 2. The number of allylic oxidation sites excluding steroid dienone is 1. The third kappa shape index (κ3) is 3.11. The van der Waals surface area contributed by atoms with Crippen molar-refractivity contribution in [2.75, 3.05) is 6.79 Å². The fraction of sp³-hybridized carbons (Fsp3) is 0.273. The van der Waals surface area contributed by atoms with Crippen LogP contribution < -0.4 is 14.8 Å². The van der Waals surface area contributed by atoms with Crippen molar-refractivity contribution in [3.63, 3.8) is 0 Å². The molecule has 4 rings (SSSR count). The van der Waals surface area contributed by atoms with Crippen molar-refractivity contribution >= 4 is 11.9 Å². The molecule has 6 heteroatoms. The van der Waals surface area contributed by atoms with Gasteiger partial charge in [0.05, 0.1) is 6.54 Å². The highest BCUT2D eigenvalue weighted by Gasteiger charge is 2.52. The summed E-state index contributed by atoms with van der Waals surface area (Å²) in [6, 6.07) is 14.5. The van der Waals surface area contributed by atoms with E-state index in [9.17, 15) is 9.59 Å². The van der Waals surface area contributed by atoms with Crippen molar-refractivity contribution in [3.05, 3.63) is 71.3 Å². The van der Waals surface area contributed by atoms with E-state index < -0.39 is 11.6 Å². The molecular formula is C22H22N2O4. The van der Waals surface area contributed by atoms with Crippen molar-refractivity contribution in [2.45, 2.75) is 32.4 Å². The van der Waals surface area contributed by atoms with E-state index in [1.807, 2.05) is 56.3 Å². The maximum absolute atomic E-state index is 13.5. The van der Waals surface area contributed by atoms with Gasteiger partial charge in [0.2, 0.25) is 6.79 Å². The molecule has 1 atom stereocenters. The number of carbonyl (C=O) groups is 2. The molecule has 2 heterocycles. The summed E-state index contributed by atoms with van der Waals surface area (Å²) in [5.74, 6) is 0.953. The van der Waals surface area contributed by atoms with Gasteiger partial charge < -0.3 is 14.8 Å². The normalized spacial score (nSPS) is 20.3. The van der Waals surface area contributed by atoms with Crippen LogP contribution in [-0.4, -0.2) is 23.6 Å². The van der Waals surface area contributed by atoms with E-state index in [4.69, 9.17) is 9.47 Å². The van der Waals surface area contributed by atoms with Crippen LogP contribution in [0.1, 0.15) is 31.4 Å². The van der Waals surface area contributed by atoms with E-state index in [-0.39, 0.29) is 19.2 Å². The second kappa shape index (κ2) is 7.03. The minimum atomic E-state index is -1.16. The molecule has 1 N–H and O–H groups in total. The highest BCUT2D eigenvalue weighted by atomic mass is 16.7. The van der Waals surface area contributed by atoms with E-state index in [1.54, 1.807) is 12.1 Å². The van der Waals surface area contributed by atoms with Crippen LogP contribution in [0.2, 0.25) is 0 Å².